The molecule has 0 spiro atoms. The van der Waals surface area contributed by atoms with Gasteiger partial charge in [0.05, 0.1) is 0 Å². The molecule has 2 aromatic carbocycles. The van der Waals surface area contributed by atoms with E-state index in [0.29, 0.717) is 29.9 Å². The van der Waals surface area contributed by atoms with Crippen LogP contribution in [0.5, 0.6) is 0 Å². The first-order valence-electron chi connectivity index (χ1n) is 9.04. The zero-order valence-electron chi connectivity index (χ0n) is 15.2. The number of benzene rings is 2. The van der Waals surface area contributed by atoms with Crippen LogP contribution in [-0.4, -0.2) is 33.0 Å². The second-order valence-corrected chi connectivity index (χ2v) is 6.78. The molecule has 0 bridgehead atoms. The number of fused-ring (bicyclic) bond motifs is 1. The van der Waals surface area contributed by atoms with Gasteiger partial charge in [0.15, 0.2) is 0 Å². The fourth-order valence-electron chi connectivity index (χ4n) is 3.22. The summed E-state index contributed by atoms with van der Waals surface area (Å²) >= 11 is 0. The Bertz CT molecular complexity index is 1080. The van der Waals surface area contributed by atoms with Gasteiger partial charge in [-0.1, -0.05) is 18.2 Å². The number of nitrogens with one attached hydrogen (secondary N) is 3. The van der Waals surface area contributed by atoms with Crippen molar-refractivity contribution in [2.75, 3.05) is 5.32 Å². The van der Waals surface area contributed by atoms with Crippen LogP contribution >= 0.6 is 0 Å². The number of hydrogen-bond donors (Lipinski definition) is 3. The van der Waals surface area contributed by atoms with Gasteiger partial charge in [0, 0.05) is 12.1 Å². The highest BCUT2D eigenvalue weighted by Gasteiger charge is 2.26. The molecule has 2 amide bonds. The summed E-state index contributed by atoms with van der Waals surface area (Å²) in [4.78, 5) is 27.7. The van der Waals surface area contributed by atoms with Crippen molar-refractivity contribution in [2.24, 2.45) is 0 Å². The van der Waals surface area contributed by atoms with Gasteiger partial charge in [-0.15, -0.1) is 10.2 Å². The smallest absolute Gasteiger partial charge is 0.289 e. The number of H-pyrrole nitrogens is 1. The summed E-state index contributed by atoms with van der Waals surface area (Å²) in [6.45, 7) is 0. The van der Waals surface area contributed by atoms with Crippen LogP contribution in [0.2, 0.25) is 0 Å². The summed E-state index contributed by atoms with van der Waals surface area (Å²) in [5.74, 6) is -1.47. The number of anilines is 1. The Morgan fingerprint density at radius 2 is 1.97 bits per heavy atom. The Labute approximate surface area is 164 Å². The molecular formula is C20H17F2N5O2. The third-order valence-corrected chi connectivity index (χ3v) is 4.66. The first kappa shape index (κ1) is 18.7. The minimum atomic E-state index is -0.797. The van der Waals surface area contributed by atoms with E-state index in [-0.39, 0.29) is 18.1 Å². The number of carbonyl (C=O) groups is 2. The molecule has 3 aromatic rings. The monoisotopic (exact) mass is 397 g/mol. The van der Waals surface area contributed by atoms with Crippen molar-refractivity contribution < 1.29 is 18.4 Å². The maximum atomic E-state index is 13.4. The Morgan fingerprint density at radius 3 is 2.79 bits per heavy atom. The van der Waals surface area contributed by atoms with Crippen molar-refractivity contribution in [3.63, 3.8) is 0 Å². The van der Waals surface area contributed by atoms with Crippen LogP contribution in [0, 0.1) is 11.6 Å². The van der Waals surface area contributed by atoms with Gasteiger partial charge in [0.25, 0.3) is 5.91 Å². The molecule has 0 aliphatic carbocycles. The van der Waals surface area contributed by atoms with Crippen LogP contribution in [0.15, 0.2) is 42.5 Å². The van der Waals surface area contributed by atoms with Crippen molar-refractivity contribution >= 4 is 17.5 Å². The molecule has 0 saturated carbocycles. The maximum Gasteiger partial charge on any atom is 0.289 e. The van der Waals surface area contributed by atoms with Crippen LogP contribution in [0.1, 0.15) is 34.0 Å². The van der Waals surface area contributed by atoms with E-state index in [1.165, 1.54) is 24.3 Å². The highest BCUT2D eigenvalue weighted by Crippen LogP contribution is 2.23. The second kappa shape index (κ2) is 7.78. The predicted octanol–water partition coefficient (Wildman–Crippen LogP) is 2.36. The van der Waals surface area contributed by atoms with Crippen LogP contribution in [0.4, 0.5) is 14.5 Å². The third kappa shape index (κ3) is 4.29. The van der Waals surface area contributed by atoms with Crippen LogP contribution in [-0.2, 0) is 17.6 Å². The average molecular weight is 397 g/mol. The SMILES string of the molecule is O=C(NC1CCc2ccc(F)cc2NC1=O)c1nnc(Cc2cccc(F)c2)[nH]1. The van der Waals surface area contributed by atoms with Crippen molar-refractivity contribution in [3.8, 4) is 0 Å². The lowest BCUT2D eigenvalue weighted by atomic mass is 10.1. The Hall–Kier alpha value is -3.62. The number of hydrogen-bond acceptors (Lipinski definition) is 4. The summed E-state index contributed by atoms with van der Waals surface area (Å²) in [5.41, 5.74) is 1.89. The molecule has 0 fully saturated rings. The van der Waals surface area contributed by atoms with Gasteiger partial charge in [0.2, 0.25) is 11.7 Å². The highest BCUT2D eigenvalue weighted by atomic mass is 19.1. The van der Waals surface area contributed by atoms with Crippen molar-refractivity contribution in [1.29, 1.82) is 0 Å². The number of aromatic amines is 1. The van der Waals surface area contributed by atoms with Gasteiger partial charge in [-0.25, -0.2) is 8.78 Å². The van der Waals surface area contributed by atoms with E-state index < -0.39 is 23.7 Å². The normalized spacial score (nSPS) is 15.9. The maximum absolute atomic E-state index is 13.4. The van der Waals surface area contributed by atoms with Gasteiger partial charge in [0.1, 0.15) is 23.5 Å². The predicted molar refractivity (Wildman–Crippen MR) is 100 cm³/mol. The lowest BCUT2D eigenvalue weighted by molar-refractivity contribution is -0.118. The number of amides is 2. The quantitative estimate of drug-likeness (QED) is 0.629. The zero-order chi connectivity index (χ0) is 20.4. The zero-order valence-corrected chi connectivity index (χ0v) is 15.2. The van der Waals surface area contributed by atoms with Gasteiger partial charge in [-0.05, 0) is 48.2 Å². The average Bonchev–Trinajstić information content (AvgIpc) is 3.08. The number of aryl methyl sites for hydroxylation is 1. The largest absolute Gasteiger partial charge is 0.337 e. The minimum Gasteiger partial charge on any atom is -0.337 e. The molecule has 3 N–H and O–H groups in total. The molecule has 1 unspecified atom stereocenters. The van der Waals surface area contributed by atoms with Gasteiger partial charge < -0.3 is 15.6 Å². The third-order valence-electron chi connectivity index (χ3n) is 4.66. The molecule has 4 rings (SSSR count). The van der Waals surface area contributed by atoms with Crippen molar-refractivity contribution in [2.45, 2.75) is 25.3 Å². The fourth-order valence-corrected chi connectivity index (χ4v) is 3.22. The molecule has 148 valence electrons. The summed E-state index contributed by atoms with van der Waals surface area (Å²) in [6.07, 6.45) is 1.14. The minimum absolute atomic E-state index is 0.0444. The Kier molecular flexibility index (Phi) is 5.03. The molecule has 1 atom stereocenters. The molecule has 2 heterocycles. The van der Waals surface area contributed by atoms with Crippen LogP contribution in [0.25, 0.3) is 0 Å². The van der Waals surface area contributed by atoms with E-state index in [4.69, 9.17) is 0 Å². The first-order chi connectivity index (χ1) is 14.0. The number of aromatic nitrogens is 3. The van der Waals surface area contributed by atoms with Gasteiger partial charge >= 0.3 is 0 Å². The molecule has 1 aliphatic rings. The van der Waals surface area contributed by atoms with Crippen LogP contribution in [0.3, 0.4) is 0 Å². The Morgan fingerprint density at radius 1 is 1.14 bits per heavy atom. The molecule has 0 saturated heterocycles. The van der Waals surface area contributed by atoms with Gasteiger partial charge in [-0.3, -0.25) is 9.59 Å². The molecular weight excluding hydrogens is 380 g/mol. The standard InChI is InChI=1S/C20H17F2N5O2/c21-13-3-1-2-11(8-13)9-17-25-18(27-26-17)20(29)23-15-7-5-12-4-6-14(22)10-16(12)24-19(15)28/h1-4,6,8,10,15H,5,7,9H2,(H,23,29)(H,24,28)(H,25,26,27). The topological polar surface area (TPSA) is 99.8 Å². The van der Waals surface area contributed by atoms with E-state index in [1.54, 1.807) is 18.2 Å². The fraction of sp³-hybridized carbons (Fsp3) is 0.200. The summed E-state index contributed by atoms with van der Waals surface area (Å²) < 4.78 is 26.7. The number of rotatable bonds is 4. The van der Waals surface area contributed by atoms with E-state index in [2.05, 4.69) is 25.8 Å². The Balaban J connectivity index is 1.42. The highest BCUT2D eigenvalue weighted by molar-refractivity contribution is 6.00. The summed E-state index contributed by atoms with van der Waals surface area (Å²) in [6, 6.07) is 9.45. The molecule has 7 nitrogen and oxygen atoms in total. The lowest BCUT2D eigenvalue weighted by Gasteiger charge is -2.14. The second-order valence-electron chi connectivity index (χ2n) is 6.78. The van der Waals surface area contributed by atoms with E-state index in [9.17, 15) is 18.4 Å². The number of carbonyl (C=O) groups excluding carboxylic acids is 2. The van der Waals surface area contributed by atoms with Crippen molar-refractivity contribution in [1.82, 2.24) is 20.5 Å². The van der Waals surface area contributed by atoms with Crippen LogP contribution < -0.4 is 10.6 Å². The number of nitrogens with zero attached hydrogens (tertiary/aromatic N) is 2. The van der Waals surface area contributed by atoms with Gasteiger partial charge in [-0.2, -0.15) is 0 Å². The van der Waals surface area contributed by atoms with Crippen molar-refractivity contribution in [3.05, 3.63) is 76.9 Å². The summed E-state index contributed by atoms with van der Waals surface area (Å²) in [7, 11) is 0. The molecule has 9 heteroatoms. The lowest BCUT2D eigenvalue weighted by Crippen LogP contribution is -2.43. The molecule has 29 heavy (non-hydrogen) atoms. The molecule has 1 aromatic heterocycles. The van der Waals surface area contributed by atoms with E-state index >= 15 is 0 Å². The number of halogens is 2. The van der Waals surface area contributed by atoms with E-state index in [1.807, 2.05) is 0 Å². The molecule has 1 aliphatic heterocycles. The molecule has 0 radical (unpaired) electrons. The summed E-state index contributed by atoms with van der Waals surface area (Å²) in [5, 5.41) is 13.0. The first-order valence-corrected chi connectivity index (χ1v) is 9.04. The van der Waals surface area contributed by atoms with E-state index in [0.717, 1.165) is 5.56 Å².